The zero-order valence-electron chi connectivity index (χ0n) is 5.82. The Morgan fingerprint density at radius 2 is 1.89 bits per heavy atom. The van der Waals surface area contributed by atoms with Gasteiger partial charge in [0.2, 0.25) is 0 Å². The number of carbonyl (C=O) groups excluding carboxylic acids is 2. The molecule has 0 aromatic carbocycles. The highest BCUT2D eigenvalue weighted by atomic mass is 16.2. The SMILES string of the molecule is CC(C)(C)NC(=O)[C]=O. The molecule has 1 amide bonds. The number of nitrogens with one attached hydrogen (secondary N) is 1. The van der Waals surface area contributed by atoms with Gasteiger partial charge in [-0.3, -0.25) is 9.59 Å². The normalized spacial score (nSPS) is 10.6. The number of rotatable bonds is 1. The summed E-state index contributed by atoms with van der Waals surface area (Å²) in [5.74, 6) is -0.692. The summed E-state index contributed by atoms with van der Waals surface area (Å²) >= 11 is 0. The van der Waals surface area contributed by atoms with Crippen molar-refractivity contribution in [2.45, 2.75) is 26.3 Å². The lowest BCUT2D eigenvalue weighted by Gasteiger charge is -2.17. The largest absolute Gasteiger partial charge is 0.344 e. The third-order valence-corrected chi connectivity index (χ3v) is 0.581. The quantitative estimate of drug-likeness (QED) is 0.506. The first-order valence-electron chi connectivity index (χ1n) is 2.66. The van der Waals surface area contributed by atoms with Gasteiger partial charge in [0, 0.05) is 5.54 Å². The van der Waals surface area contributed by atoms with Crippen LogP contribution in [0.5, 0.6) is 0 Å². The van der Waals surface area contributed by atoms with Gasteiger partial charge in [0.1, 0.15) is 0 Å². The minimum absolute atomic E-state index is 0.339. The summed E-state index contributed by atoms with van der Waals surface area (Å²) in [5, 5.41) is 2.41. The number of amides is 1. The molecule has 9 heavy (non-hydrogen) atoms. The molecule has 0 aromatic rings. The first-order valence-corrected chi connectivity index (χ1v) is 2.66. The van der Waals surface area contributed by atoms with Crippen LogP contribution in [0.3, 0.4) is 0 Å². The van der Waals surface area contributed by atoms with E-state index in [2.05, 4.69) is 5.32 Å². The maximum Gasteiger partial charge on any atom is 0.296 e. The molecule has 0 saturated carbocycles. The van der Waals surface area contributed by atoms with Gasteiger partial charge in [-0.1, -0.05) is 0 Å². The fourth-order valence-electron chi connectivity index (χ4n) is 0.366. The van der Waals surface area contributed by atoms with E-state index in [1.54, 1.807) is 20.8 Å². The lowest BCUT2D eigenvalue weighted by Crippen LogP contribution is -2.41. The lowest BCUT2D eigenvalue weighted by molar-refractivity contribution is -0.116. The van der Waals surface area contributed by atoms with Crippen molar-refractivity contribution in [2.24, 2.45) is 0 Å². The van der Waals surface area contributed by atoms with Crippen molar-refractivity contribution in [3.05, 3.63) is 0 Å². The molecule has 51 valence electrons. The molecule has 3 heteroatoms. The van der Waals surface area contributed by atoms with Gasteiger partial charge in [-0.05, 0) is 20.8 Å². The highest BCUT2D eigenvalue weighted by Crippen LogP contribution is 1.96. The van der Waals surface area contributed by atoms with Crippen molar-refractivity contribution in [1.82, 2.24) is 5.32 Å². The van der Waals surface area contributed by atoms with E-state index in [0.717, 1.165) is 0 Å². The van der Waals surface area contributed by atoms with Gasteiger partial charge in [0.25, 0.3) is 12.2 Å². The Bertz CT molecular complexity index is 124. The molecule has 0 rings (SSSR count). The fraction of sp³-hybridized carbons (Fsp3) is 0.667. The molecule has 3 nitrogen and oxygen atoms in total. The van der Waals surface area contributed by atoms with Crippen molar-refractivity contribution < 1.29 is 9.59 Å². The predicted octanol–water partition coefficient (Wildman–Crippen LogP) is 0.0108. The zero-order chi connectivity index (χ0) is 7.49. The molecular formula is C6H10NO2. The lowest BCUT2D eigenvalue weighted by atomic mass is 10.1. The van der Waals surface area contributed by atoms with Crippen molar-refractivity contribution in [3.63, 3.8) is 0 Å². The Balaban J connectivity index is 3.74. The summed E-state index contributed by atoms with van der Waals surface area (Å²) < 4.78 is 0. The summed E-state index contributed by atoms with van der Waals surface area (Å²) in [5.41, 5.74) is -0.339. The molecule has 0 spiro atoms. The molecule has 1 N–H and O–H groups in total. The minimum Gasteiger partial charge on any atom is -0.344 e. The van der Waals surface area contributed by atoms with E-state index >= 15 is 0 Å². The topological polar surface area (TPSA) is 46.2 Å². The maximum atomic E-state index is 10.3. The minimum atomic E-state index is -0.692. The Hall–Kier alpha value is -0.860. The molecule has 0 fully saturated rings. The van der Waals surface area contributed by atoms with Crippen LogP contribution >= 0.6 is 0 Å². The van der Waals surface area contributed by atoms with Crippen molar-refractivity contribution >= 4 is 12.2 Å². The van der Waals surface area contributed by atoms with E-state index < -0.39 is 5.91 Å². The van der Waals surface area contributed by atoms with Gasteiger partial charge >= 0.3 is 0 Å². The van der Waals surface area contributed by atoms with E-state index in [-0.39, 0.29) is 5.54 Å². The van der Waals surface area contributed by atoms with Gasteiger partial charge in [-0.2, -0.15) is 0 Å². The highest BCUT2D eigenvalue weighted by molar-refractivity contribution is 6.24. The molecule has 0 atom stereocenters. The summed E-state index contributed by atoms with van der Waals surface area (Å²) in [7, 11) is 0. The first kappa shape index (κ1) is 8.14. The van der Waals surface area contributed by atoms with Gasteiger partial charge in [-0.15, -0.1) is 0 Å². The number of hydrogen-bond donors (Lipinski definition) is 1. The molecule has 0 heterocycles. The van der Waals surface area contributed by atoms with Gasteiger partial charge in [0.05, 0.1) is 0 Å². The van der Waals surface area contributed by atoms with Crippen LogP contribution < -0.4 is 5.32 Å². The van der Waals surface area contributed by atoms with Crippen LogP contribution in [0.2, 0.25) is 0 Å². The summed E-state index contributed by atoms with van der Waals surface area (Å²) in [6, 6.07) is 0. The van der Waals surface area contributed by atoms with Crippen LogP contribution in [0.1, 0.15) is 20.8 Å². The Morgan fingerprint density at radius 3 is 2.00 bits per heavy atom. The molecule has 0 unspecified atom stereocenters. The molecule has 1 radical (unpaired) electrons. The third-order valence-electron chi connectivity index (χ3n) is 0.581. The molecule has 0 aliphatic carbocycles. The van der Waals surface area contributed by atoms with Crippen LogP contribution in [0.15, 0.2) is 0 Å². The Morgan fingerprint density at radius 1 is 1.44 bits per heavy atom. The van der Waals surface area contributed by atoms with Gasteiger partial charge < -0.3 is 5.32 Å². The van der Waals surface area contributed by atoms with Crippen LogP contribution in [-0.4, -0.2) is 17.7 Å². The second-order valence-electron chi connectivity index (χ2n) is 2.81. The first-order chi connectivity index (χ1) is 3.95. The van der Waals surface area contributed by atoms with Crippen LogP contribution in [-0.2, 0) is 9.59 Å². The predicted molar refractivity (Wildman–Crippen MR) is 33.6 cm³/mol. The summed E-state index contributed by atoms with van der Waals surface area (Å²) in [6.07, 6.45) is 1.22. The van der Waals surface area contributed by atoms with E-state index in [1.807, 2.05) is 0 Å². The standard InChI is InChI=1S/C6H10NO2/c1-6(2,3)7-5(9)4-8/h1-3H3,(H,7,9). The van der Waals surface area contributed by atoms with E-state index in [1.165, 1.54) is 6.29 Å². The monoisotopic (exact) mass is 128 g/mol. The van der Waals surface area contributed by atoms with E-state index in [9.17, 15) is 9.59 Å². The van der Waals surface area contributed by atoms with Crippen LogP contribution in [0, 0.1) is 0 Å². The van der Waals surface area contributed by atoms with Gasteiger partial charge in [0.15, 0.2) is 0 Å². The second-order valence-corrected chi connectivity index (χ2v) is 2.81. The second kappa shape index (κ2) is 2.62. The summed E-state index contributed by atoms with van der Waals surface area (Å²) in [4.78, 5) is 19.9. The molecule has 0 saturated heterocycles. The molecule has 0 aliphatic rings. The fourth-order valence-corrected chi connectivity index (χ4v) is 0.366. The maximum absolute atomic E-state index is 10.3. The average molecular weight is 128 g/mol. The molecular weight excluding hydrogens is 118 g/mol. The highest BCUT2D eigenvalue weighted by Gasteiger charge is 2.12. The van der Waals surface area contributed by atoms with Gasteiger partial charge in [-0.25, -0.2) is 0 Å². The molecule has 0 bridgehead atoms. The van der Waals surface area contributed by atoms with Crippen LogP contribution in [0.4, 0.5) is 0 Å². The van der Waals surface area contributed by atoms with Crippen molar-refractivity contribution in [1.29, 1.82) is 0 Å². The van der Waals surface area contributed by atoms with Crippen LogP contribution in [0.25, 0.3) is 0 Å². The molecule has 0 aliphatic heterocycles. The van der Waals surface area contributed by atoms with E-state index in [0.29, 0.717) is 0 Å². The third kappa shape index (κ3) is 5.00. The average Bonchev–Trinajstić information content (AvgIpc) is 1.62. The number of carbonyl (C=O) groups is 1. The van der Waals surface area contributed by atoms with E-state index in [4.69, 9.17) is 0 Å². The zero-order valence-corrected chi connectivity index (χ0v) is 5.82. The Kier molecular flexibility index (Phi) is 2.37. The number of hydrogen-bond acceptors (Lipinski definition) is 2. The van der Waals surface area contributed by atoms with Crippen molar-refractivity contribution in [2.75, 3.05) is 0 Å². The Labute approximate surface area is 54.4 Å². The summed E-state index contributed by atoms with van der Waals surface area (Å²) in [6.45, 7) is 5.38. The smallest absolute Gasteiger partial charge is 0.296 e. The van der Waals surface area contributed by atoms with Crippen molar-refractivity contribution in [3.8, 4) is 0 Å². The molecule has 0 aromatic heterocycles.